The quantitative estimate of drug-likeness (QED) is 0.0128. The third-order valence-corrected chi connectivity index (χ3v) is 16.0. The summed E-state index contributed by atoms with van der Waals surface area (Å²) in [6.07, 6.45) is 45.0. The van der Waals surface area contributed by atoms with E-state index >= 15 is 0 Å². The minimum absolute atomic E-state index is 0.00314. The lowest BCUT2D eigenvalue weighted by Crippen LogP contribution is -2.33. The number of ether oxygens (including phenoxy) is 3. The van der Waals surface area contributed by atoms with Crippen LogP contribution in [0.1, 0.15) is 253 Å². The van der Waals surface area contributed by atoms with Gasteiger partial charge in [0.25, 0.3) is 0 Å². The fraction of sp³-hybridized carbons (Fsp3) is 0.694. The maximum atomic E-state index is 13.4. The van der Waals surface area contributed by atoms with Crippen molar-refractivity contribution in [2.75, 3.05) is 32.7 Å². The molecule has 5 aliphatic rings. The number of hydrogen-bond acceptors (Lipinski definition) is 16. The van der Waals surface area contributed by atoms with E-state index in [-0.39, 0.29) is 61.1 Å². The standard InChI is InChI=1S/C37H64N4O4.C15H16O6.C12H27N.C4H2O3.C4H8/c1-30(2)27-31(33-29-35(43)41(37(33)45)26-20-16-12-8-4-6-10-14-18-24-39)21-22-32-28-34(42)40(36(32)44)25-19-15-11-7-3-5-9-13-17-23-38;1-8(2)5-9(11-7-13(17)21-15(11)19)3-4-10-6-12(16)20-14(10)18;1-2-3-4-5-6-7-8-9-10-11-12-13;5-3-1-2-4(6)7-3;1-4(2)3/h21-22,31-33H,1,3-20,23-29,38-39H2,2H3;3-4,9-11H,1,5-7H2,2H3;2-13H2,1H3;1-2H;1H2,2-3H3. The molecule has 508 valence electrons. The number of nitrogens with two attached hydrogens (primary N) is 3. The lowest BCUT2D eigenvalue weighted by atomic mass is 9.85. The first-order valence-electron chi connectivity index (χ1n) is 34.1. The number of unbranched alkanes of at least 4 members (excludes halogenated alkanes) is 25. The first-order chi connectivity index (χ1) is 43.1. The van der Waals surface area contributed by atoms with Crippen LogP contribution in [0.25, 0.3) is 0 Å². The molecule has 6 atom stereocenters. The maximum absolute atomic E-state index is 13.4. The van der Waals surface area contributed by atoms with Crippen molar-refractivity contribution >= 4 is 59.4 Å². The van der Waals surface area contributed by atoms with Crippen molar-refractivity contribution in [3.8, 4) is 0 Å². The molecule has 0 aromatic heterocycles. The first kappa shape index (κ1) is 82.0. The number of allylic oxidation sites excluding steroid dienone is 5. The molecular weight excluding hydrogens is 1140 g/mol. The van der Waals surface area contributed by atoms with Crippen molar-refractivity contribution in [3.05, 3.63) is 72.9 Å². The number of nitrogens with zero attached hydrogens (tertiary/aromatic N) is 2. The molecule has 4 fully saturated rings. The van der Waals surface area contributed by atoms with Crippen molar-refractivity contribution in [1.29, 1.82) is 0 Å². The Hall–Kier alpha value is -5.98. The molecule has 0 spiro atoms. The normalized spacial score (nSPS) is 19.3. The van der Waals surface area contributed by atoms with Gasteiger partial charge in [0.2, 0.25) is 23.6 Å². The lowest BCUT2D eigenvalue weighted by Gasteiger charge is -2.20. The average molecular weight is 1260 g/mol. The summed E-state index contributed by atoms with van der Waals surface area (Å²) in [5.74, 6) is -6.50. The molecule has 18 nitrogen and oxygen atoms in total. The van der Waals surface area contributed by atoms with Gasteiger partial charge in [0, 0.05) is 38.1 Å². The van der Waals surface area contributed by atoms with Gasteiger partial charge < -0.3 is 31.4 Å². The maximum Gasteiger partial charge on any atom is 0.338 e. The van der Waals surface area contributed by atoms with Crippen molar-refractivity contribution in [3.63, 3.8) is 0 Å². The number of likely N-dealkylation sites (tertiary alicyclic amines) is 2. The zero-order valence-electron chi connectivity index (χ0n) is 56.1. The van der Waals surface area contributed by atoms with Gasteiger partial charge in [-0.1, -0.05) is 196 Å². The molecule has 6 N–H and O–H groups in total. The van der Waals surface area contributed by atoms with Crippen molar-refractivity contribution < 1.29 is 62.2 Å². The Morgan fingerprint density at radius 2 is 0.789 bits per heavy atom. The number of esters is 6. The molecule has 0 aromatic rings. The Bertz CT molecular complexity index is 2310. The van der Waals surface area contributed by atoms with Crippen LogP contribution in [0, 0.1) is 35.5 Å². The van der Waals surface area contributed by atoms with Gasteiger partial charge in [0.1, 0.15) is 0 Å². The van der Waals surface area contributed by atoms with E-state index in [1.165, 1.54) is 144 Å². The summed E-state index contributed by atoms with van der Waals surface area (Å²) >= 11 is 0. The Labute approximate surface area is 540 Å². The van der Waals surface area contributed by atoms with Crippen LogP contribution in [0.5, 0.6) is 0 Å². The molecule has 0 bridgehead atoms. The van der Waals surface area contributed by atoms with Crippen LogP contribution in [0.4, 0.5) is 0 Å². The van der Waals surface area contributed by atoms with Gasteiger partial charge in [0.15, 0.2) is 0 Å². The molecule has 5 aliphatic heterocycles. The van der Waals surface area contributed by atoms with E-state index in [2.05, 4.69) is 40.9 Å². The van der Waals surface area contributed by atoms with Crippen LogP contribution < -0.4 is 17.2 Å². The summed E-state index contributed by atoms with van der Waals surface area (Å²) in [5, 5.41) is 0. The number of rotatable bonds is 42. The topological polar surface area (TPSA) is 283 Å². The van der Waals surface area contributed by atoms with Crippen LogP contribution >= 0.6 is 0 Å². The number of hydrogen-bond donors (Lipinski definition) is 3. The van der Waals surface area contributed by atoms with Gasteiger partial charge in [-0.15, -0.1) is 19.7 Å². The van der Waals surface area contributed by atoms with Gasteiger partial charge in [-0.05, 0) is 104 Å². The van der Waals surface area contributed by atoms with Gasteiger partial charge in [-0.2, -0.15) is 0 Å². The number of imide groups is 2. The fourth-order valence-corrected chi connectivity index (χ4v) is 11.1. The smallest absolute Gasteiger partial charge is 0.338 e. The van der Waals surface area contributed by atoms with Gasteiger partial charge >= 0.3 is 35.8 Å². The van der Waals surface area contributed by atoms with E-state index in [9.17, 15) is 47.9 Å². The van der Waals surface area contributed by atoms with Crippen molar-refractivity contribution in [2.24, 2.45) is 52.7 Å². The third-order valence-electron chi connectivity index (χ3n) is 16.0. The second-order valence-corrected chi connectivity index (χ2v) is 25.2. The summed E-state index contributed by atoms with van der Waals surface area (Å²) < 4.78 is 13.0. The molecule has 4 amide bonds. The average Bonchev–Trinajstić information content (AvgIpc) is 2.97. The Balaban J connectivity index is 0.000000727. The molecule has 6 unspecified atom stereocenters. The summed E-state index contributed by atoms with van der Waals surface area (Å²) in [5.41, 5.74) is 19.5. The molecule has 5 rings (SSSR count). The summed E-state index contributed by atoms with van der Waals surface area (Å²) in [7, 11) is 0. The van der Waals surface area contributed by atoms with Gasteiger partial charge in [-0.3, -0.25) is 48.2 Å². The minimum atomic E-state index is -0.627. The number of amides is 4. The predicted octanol–water partition coefficient (Wildman–Crippen LogP) is 13.2. The number of carbonyl (C=O) groups is 10. The highest BCUT2D eigenvalue weighted by atomic mass is 16.6. The molecule has 0 aromatic carbocycles. The monoisotopic (exact) mass is 1260 g/mol. The molecule has 0 radical (unpaired) electrons. The Kier molecular flexibility index (Phi) is 46.2. The Morgan fingerprint density at radius 3 is 1.13 bits per heavy atom. The molecule has 4 saturated heterocycles. The van der Waals surface area contributed by atoms with Crippen LogP contribution in [-0.4, -0.2) is 102 Å². The van der Waals surface area contributed by atoms with Crippen molar-refractivity contribution in [1.82, 2.24) is 9.80 Å². The van der Waals surface area contributed by atoms with E-state index in [1.807, 2.05) is 39.8 Å². The van der Waals surface area contributed by atoms with E-state index in [0.29, 0.717) is 25.9 Å². The highest BCUT2D eigenvalue weighted by Crippen LogP contribution is 2.34. The highest BCUT2D eigenvalue weighted by Gasteiger charge is 2.43. The van der Waals surface area contributed by atoms with Gasteiger partial charge in [0.05, 0.1) is 36.5 Å². The molecule has 0 saturated carbocycles. The third kappa shape index (κ3) is 38.0. The second kappa shape index (κ2) is 50.6. The molecule has 5 heterocycles. The molecule has 18 heteroatoms. The van der Waals surface area contributed by atoms with Crippen molar-refractivity contribution in [2.45, 2.75) is 253 Å². The zero-order chi connectivity index (χ0) is 67.1. The number of cyclic esters (lactones) is 6. The largest absolute Gasteiger partial charge is 0.393 e. The second-order valence-electron chi connectivity index (χ2n) is 25.2. The molecular formula is C72H117N5O13. The minimum Gasteiger partial charge on any atom is -0.393 e. The molecule has 90 heavy (non-hydrogen) atoms. The van der Waals surface area contributed by atoms with E-state index in [4.69, 9.17) is 17.2 Å². The van der Waals surface area contributed by atoms with Crippen LogP contribution in [0.2, 0.25) is 0 Å². The Morgan fingerprint density at radius 1 is 0.444 bits per heavy atom. The summed E-state index contributed by atoms with van der Waals surface area (Å²) in [4.78, 5) is 120. The lowest BCUT2D eigenvalue weighted by molar-refractivity contribution is -0.154. The molecule has 0 aliphatic carbocycles. The predicted molar refractivity (Wildman–Crippen MR) is 355 cm³/mol. The van der Waals surface area contributed by atoms with E-state index in [0.717, 1.165) is 94.3 Å². The number of carbonyl (C=O) groups excluding carboxylic acids is 10. The van der Waals surface area contributed by atoms with E-state index in [1.54, 1.807) is 12.2 Å². The summed E-state index contributed by atoms with van der Waals surface area (Å²) in [6, 6.07) is 0. The van der Waals surface area contributed by atoms with Crippen LogP contribution in [0.3, 0.4) is 0 Å². The van der Waals surface area contributed by atoms with E-state index < -0.39 is 59.5 Å². The zero-order valence-corrected chi connectivity index (χ0v) is 56.1. The SMILES string of the molecule is C=C(C)C.C=C(C)CC(C=CC1CC(=O)N(CCCCCCCCCCCN)C1=O)C1CC(=O)N(CCCCCCCCCCCN)C1=O.C=C(C)CC(C=CC1CC(=O)OC1=O)C1CC(=O)OC1=O.CCCCCCCCCCCCN.O=C1C=CC(=O)O1. The fourth-order valence-electron chi connectivity index (χ4n) is 11.1. The summed E-state index contributed by atoms with van der Waals surface area (Å²) in [6.45, 7) is 24.7. The highest BCUT2D eigenvalue weighted by molar-refractivity contribution is 6.06. The first-order valence-corrected chi connectivity index (χ1v) is 34.1. The van der Waals surface area contributed by atoms with Gasteiger partial charge in [-0.25, -0.2) is 9.59 Å². The van der Waals surface area contributed by atoms with Crippen LogP contribution in [-0.2, 0) is 62.2 Å². The van der Waals surface area contributed by atoms with Crippen LogP contribution in [0.15, 0.2) is 72.9 Å².